The Morgan fingerprint density at radius 3 is 2.50 bits per heavy atom. The molecular formula is C13H20N2O3. The van der Waals surface area contributed by atoms with E-state index in [1.807, 2.05) is 30.3 Å². The number of amides is 1. The number of rotatable bonds is 6. The molecule has 0 fully saturated rings. The summed E-state index contributed by atoms with van der Waals surface area (Å²) >= 11 is 0. The molecule has 0 aliphatic carbocycles. The van der Waals surface area contributed by atoms with Gasteiger partial charge in [-0.15, -0.1) is 0 Å². The van der Waals surface area contributed by atoms with Crippen LogP contribution in [0.3, 0.4) is 0 Å². The first-order valence-corrected chi connectivity index (χ1v) is 5.83. The second kappa shape index (κ2) is 6.49. The highest BCUT2D eigenvalue weighted by Gasteiger charge is 2.32. The number of nitrogens with one attached hydrogen (secondary N) is 2. The maximum Gasteiger partial charge on any atom is 0.263 e. The predicted octanol–water partition coefficient (Wildman–Crippen LogP) is 0.187. The van der Waals surface area contributed by atoms with Crippen LogP contribution in [-0.2, 0) is 11.3 Å². The van der Waals surface area contributed by atoms with Crippen LogP contribution in [0.15, 0.2) is 30.3 Å². The highest BCUT2D eigenvalue weighted by atomic mass is 16.3. The minimum Gasteiger partial charge on any atom is -0.396 e. The zero-order valence-electron chi connectivity index (χ0n) is 10.7. The second-order valence-electron chi connectivity index (χ2n) is 4.88. The topological polar surface area (TPSA) is 81.6 Å². The number of carbonyl (C=O) groups is 1. The summed E-state index contributed by atoms with van der Waals surface area (Å²) < 4.78 is 0. The molecule has 0 aliphatic rings. The molecule has 0 saturated carbocycles. The molecule has 4 N–H and O–H groups in total. The Bertz CT molecular complexity index is 379. The molecule has 0 saturated heterocycles. The Balaban J connectivity index is 2.38. The lowest BCUT2D eigenvalue weighted by molar-refractivity contribution is -0.138. The van der Waals surface area contributed by atoms with Crippen LogP contribution in [0.1, 0.15) is 19.4 Å². The smallest absolute Gasteiger partial charge is 0.263 e. The number of benzene rings is 1. The Morgan fingerprint density at radius 1 is 1.33 bits per heavy atom. The third-order valence-electron chi connectivity index (χ3n) is 2.74. The van der Waals surface area contributed by atoms with Crippen molar-refractivity contribution in [2.75, 3.05) is 6.61 Å². The first kappa shape index (κ1) is 14.6. The van der Waals surface area contributed by atoms with Crippen LogP contribution in [0.25, 0.3) is 0 Å². The van der Waals surface area contributed by atoms with Crippen LogP contribution in [0.4, 0.5) is 0 Å². The van der Waals surface area contributed by atoms with Gasteiger partial charge in [0.1, 0.15) is 6.10 Å². The molecule has 1 amide bonds. The lowest BCUT2D eigenvalue weighted by Gasteiger charge is -2.27. The third kappa shape index (κ3) is 4.10. The van der Waals surface area contributed by atoms with Crippen molar-refractivity contribution >= 4 is 5.91 Å². The van der Waals surface area contributed by atoms with Crippen molar-refractivity contribution in [2.24, 2.45) is 5.41 Å². The van der Waals surface area contributed by atoms with Crippen molar-refractivity contribution in [1.29, 1.82) is 0 Å². The summed E-state index contributed by atoms with van der Waals surface area (Å²) in [7, 11) is 0. The van der Waals surface area contributed by atoms with Crippen molar-refractivity contribution in [3.05, 3.63) is 35.9 Å². The molecule has 5 heteroatoms. The van der Waals surface area contributed by atoms with E-state index in [0.29, 0.717) is 6.54 Å². The van der Waals surface area contributed by atoms with E-state index in [1.54, 1.807) is 13.8 Å². The van der Waals surface area contributed by atoms with E-state index in [0.717, 1.165) is 5.56 Å². The first-order valence-electron chi connectivity index (χ1n) is 5.83. The fourth-order valence-electron chi connectivity index (χ4n) is 1.34. The molecule has 100 valence electrons. The van der Waals surface area contributed by atoms with Crippen molar-refractivity contribution < 1.29 is 15.0 Å². The van der Waals surface area contributed by atoms with Gasteiger partial charge in [0.2, 0.25) is 0 Å². The lowest BCUT2D eigenvalue weighted by Crippen LogP contribution is -2.49. The van der Waals surface area contributed by atoms with E-state index >= 15 is 0 Å². The van der Waals surface area contributed by atoms with Crippen LogP contribution < -0.4 is 10.9 Å². The minimum atomic E-state index is -1.26. The number of aliphatic hydroxyl groups excluding tert-OH is 2. The average Bonchev–Trinajstić information content (AvgIpc) is 2.39. The molecule has 1 aromatic carbocycles. The van der Waals surface area contributed by atoms with Crippen LogP contribution in [0.2, 0.25) is 0 Å². The van der Waals surface area contributed by atoms with E-state index in [4.69, 9.17) is 5.11 Å². The monoisotopic (exact) mass is 252 g/mol. The maximum absolute atomic E-state index is 11.6. The van der Waals surface area contributed by atoms with Gasteiger partial charge in [0.15, 0.2) is 0 Å². The molecule has 1 unspecified atom stereocenters. The summed E-state index contributed by atoms with van der Waals surface area (Å²) in [5.74, 6) is -0.551. The van der Waals surface area contributed by atoms with Gasteiger partial charge in [-0.25, -0.2) is 5.43 Å². The highest BCUT2D eigenvalue weighted by Crippen LogP contribution is 2.19. The largest absolute Gasteiger partial charge is 0.396 e. The normalized spacial score (nSPS) is 13.1. The SMILES string of the molecule is CC(C)(CO)C(O)C(=O)NNCc1ccccc1. The first-order chi connectivity index (χ1) is 8.47. The van der Waals surface area contributed by atoms with Gasteiger partial charge in [-0.2, -0.15) is 0 Å². The number of carbonyl (C=O) groups excluding carboxylic acids is 1. The zero-order chi connectivity index (χ0) is 13.6. The molecule has 0 bridgehead atoms. The van der Waals surface area contributed by atoms with E-state index in [1.165, 1.54) is 0 Å². The standard InChI is InChI=1S/C13H20N2O3/c1-13(2,9-16)11(17)12(18)15-14-8-10-6-4-3-5-7-10/h3-7,11,14,16-17H,8-9H2,1-2H3,(H,15,18). The van der Waals surface area contributed by atoms with Crippen LogP contribution >= 0.6 is 0 Å². The van der Waals surface area contributed by atoms with Gasteiger partial charge < -0.3 is 10.2 Å². The summed E-state index contributed by atoms with van der Waals surface area (Å²) in [6.07, 6.45) is -1.26. The van der Waals surface area contributed by atoms with Crippen molar-refractivity contribution in [1.82, 2.24) is 10.9 Å². The molecule has 0 aromatic heterocycles. The lowest BCUT2D eigenvalue weighted by atomic mass is 9.87. The fourth-order valence-corrected chi connectivity index (χ4v) is 1.34. The van der Waals surface area contributed by atoms with Crippen molar-refractivity contribution in [3.8, 4) is 0 Å². The van der Waals surface area contributed by atoms with Gasteiger partial charge in [-0.05, 0) is 5.56 Å². The molecule has 0 aliphatic heterocycles. The second-order valence-corrected chi connectivity index (χ2v) is 4.88. The van der Waals surface area contributed by atoms with Gasteiger partial charge in [0.25, 0.3) is 5.91 Å². The van der Waals surface area contributed by atoms with E-state index in [-0.39, 0.29) is 6.61 Å². The van der Waals surface area contributed by atoms with Crippen molar-refractivity contribution in [2.45, 2.75) is 26.5 Å². The summed E-state index contributed by atoms with van der Waals surface area (Å²) in [6.45, 7) is 3.45. The molecule has 0 spiro atoms. The molecular weight excluding hydrogens is 232 g/mol. The van der Waals surface area contributed by atoms with E-state index in [9.17, 15) is 9.90 Å². The number of hydrazine groups is 1. The molecule has 1 aromatic rings. The Hall–Kier alpha value is -1.43. The molecule has 18 heavy (non-hydrogen) atoms. The number of hydrogen-bond acceptors (Lipinski definition) is 4. The molecule has 1 atom stereocenters. The number of aliphatic hydroxyl groups is 2. The molecule has 5 nitrogen and oxygen atoms in total. The Morgan fingerprint density at radius 2 is 1.94 bits per heavy atom. The summed E-state index contributed by atoms with van der Waals surface area (Å²) in [4.78, 5) is 11.6. The summed E-state index contributed by atoms with van der Waals surface area (Å²) in [6, 6.07) is 9.57. The van der Waals surface area contributed by atoms with Gasteiger partial charge >= 0.3 is 0 Å². The molecule has 1 rings (SSSR count). The molecule has 0 heterocycles. The summed E-state index contributed by atoms with van der Waals surface area (Å²) in [5, 5.41) is 18.8. The van der Waals surface area contributed by atoms with Gasteiger partial charge in [-0.3, -0.25) is 10.2 Å². The molecule has 0 radical (unpaired) electrons. The summed E-state index contributed by atoms with van der Waals surface area (Å²) in [5.41, 5.74) is 5.32. The van der Waals surface area contributed by atoms with Crippen LogP contribution in [0, 0.1) is 5.41 Å². The Labute approximate surface area is 107 Å². The van der Waals surface area contributed by atoms with Crippen LogP contribution in [-0.4, -0.2) is 28.8 Å². The average molecular weight is 252 g/mol. The predicted molar refractivity (Wildman–Crippen MR) is 68.3 cm³/mol. The quantitative estimate of drug-likeness (QED) is 0.545. The van der Waals surface area contributed by atoms with Crippen molar-refractivity contribution in [3.63, 3.8) is 0 Å². The maximum atomic E-state index is 11.6. The van der Waals surface area contributed by atoms with Gasteiger partial charge in [0, 0.05) is 12.0 Å². The zero-order valence-corrected chi connectivity index (χ0v) is 10.7. The number of hydrogen-bond donors (Lipinski definition) is 4. The van der Waals surface area contributed by atoms with Crippen LogP contribution in [0.5, 0.6) is 0 Å². The fraction of sp³-hybridized carbons (Fsp3) is 0.462. The van der Waals surface area contributed by atoms with Gasteiger partial charge in [0.05, 0.1) is 6.61 Å². The minimum absolute atomic E-state index is 0.264. The third-order valence-corrected chi connectivity index (χ3v) is 2.74. The van der Waals surface area contributed by atoms with E-state index < -0.39 is 17.4 Å². The van der Waals surface area contributed by atoms with E-state index in [2.05, 4.69) is 10.9 Å². The Kier molecular flexibility index (Phi) is 5.27. The van der Waals surface area contributed by atoms with Gasteiger partial charge in [-0.1, -0.05) is 44.2 Å². The highest BCUT2D eigenvalue weighted by molar-refractivity contribution is 5.80.